The van der Waals surface area contributed by atoms with Crippen LogP contribution in [0.5, 0.6) is 0 Å². The molecule has 0 aromatic heterocycles. The van der Waals surface area contributed by atoms with Crippen molar-refractivity contribution in [3.8, 4) is 0 Å². The van der Waals surface area contributed by atoms with Gasteiger partial charge >= 0.3 is 5.97 Å². The van der Waals surface area contributed by atoms with Crippen molar-refractivity contribution in [2.45, 2.75) is 0 Å². The molecule has 1 rings (SSSR count). The molecule has 0 aliphatic heterocycles. The molecule has 0 aliphatic rings. The summed E-state index contributed by atoms with van der Waals surface area (Å²) in [6.07, 6.45) is 0. The van der Waals surface area contributed by atoms with Gasteiger partial charge in [0.15, 0.2) is 0 Å². The molecule has 0 atom stereocenters. The van der Waals surface area contributed by atoms with E-state index in [1.165, 1.54) is 25.3 Å². The average Bonchev–Trinajstić information content (AvgIpc) is 2.03. The van der Waals surface area contributed by atoms with Crippen molar-refractivity contribution in [1.29, 1.82) is 0 Å². The van der Waals surface area contributed by atoms with Gasteiger partial charge in [0.25, 0.3) is 0 Å². The van der Waals surface area contributed by atoms with E-state index in [1.807, 2.05) is 0 Å². The molecule has 2 nitrogen and oxygen atoms in total. The Hall–Kier alpha value is -1.38. The average molecular weight is 167 g/mol. The van der Waals surface area contributed by atoms with E-state index in [4.69, 9.17) is 0 Å². The van der Waals surface area contributed by atoms with Crippen LogP contribution in [0.2, 0.25) is 0 Å². The van der Waals surface area contributed by atoms with Crippen LogP contribution in [0.25, 0.3) is 0 Å². The predicted molar refractivity (Wildman–Crippen MR) is 42.2 cm³/mol. The molecule has 3 heteroatoms. The number of halogens is 1. The summed E-state index contributed by atoms with van der Waals surface area (Å²) in [7, 11) is 1.27. The summed E-state index contributed by atoms with van der Waals surface area (Å²) >= 11 is 0. The molecule has 0 aliphatic carbocycles. The van der Waals surface area contributed by atoms with E-state index in [0.29, 0.717) is 11.1 Å². The summed E-state index contributed by atoms with van der Waals surface area (Å²) in [5.41, 5.74) is 0.626. The van der Waals surface area contributed by atoms with Crippen LogP contribution in [0.15, 0.2) is 18.2 Å². The summed E-state index contributed by atoms with van der Waals surface area (Å²) in [6.45, 7) is 3.51. The smallest absolute Gasteiger partial charge is 0.338 e. The summed E-state index contributed by atoms with van der Waals surface area (Å²) in [4.78, 5) is 11.0. The fourth-order valence-electron chi connectivity index (χ4n) is 0.871. The highest BCUT2D eigenvalue weighted by Gasteiger charge is 2.08. The molecule has 0 fully saturated rings. The lowest BCUT2D eigenvalue weighted by Crippen LogP contribution is -2.03. The minimum atomic E-state index is -0.500. The molecule has 0 amide bonds. The lowest BCUT2D eigenvalue weighted by molar-refractivity contribution is 0.0600. The van der Waals surface area contributed by atoms with Gasteiger partial charge in [0, 0.05) is 0 Å². The Morgan fingerprint density at radius 1 is 1.58 bits per heavy atom. The normalized spacial score (nSPS) is 9.58. The summed E-state index contributed by atoms with van der Waals surface area (Å²) in [6, 6.07) is 3.73. The van der Waals surface area contributed by atoms with Crippen LogP contribution in [0, 0.1) is 12.7 Å². The van der Waals surface area contributed by atoms with Gasteiger partial charge in [-0.15, -0.1) is 0 Å². The minimum absolute atomic E-state index is 0.291. The maximum atomic E-state index is 12.5. The van der Waals surface area contributed by atoms with Crippen molar-refractivity contribution in [3.63, 3.8) is 0 Å². The first kappa shape index (κ1) is 8.71. The van der Waals surface area contributed by atoms with E-state index >= 15 is 0 Å². The van der Waals surface area contributed by atoms with Crippen molar-refractivity contribution < 1.29 is 13.9 Å². The van der Waals surface area contributed by atoms with Gasteiger partial charge in [-0.25, -0.2) is 9.18 Å². The van der Waals surface area contributed by atoms with Gasteiger partial charge < -0.3 is 4.74 Å². The maximum Gasteiger partial charge on any atom is 0.338 e. The third-order valence-corrected chi connectivity index (χ3v) is 1.47. The van der Waals surface area contributed by atoms with E-state index < -0.39 is 11.8 Å². The third-order valence-electron chi connectivity index (χ3n) is 1.47. The number of methoxy groups -OCH3 is 1. The van der Waals surface area contributed by atoms with Gasteiger partial charge in [0.1, 0.15) is 5.82 Å². The van der Waals surface area contributed by atoms with E-state index in [2.05, 4.69) is 11.7 Å². The maximum absolute atomic E-state index is 12.5. The van der Waals surface area contributed by atoms with Gasteiger partial charge in [-0.3, -0.25) is 0 Å². The Balaban J connectivity index is 3.09. The van der Waals surface area contributed by atoms with Crippen LogP contribution in [0.3, 0.4) is 0 Å². The van der Waals surface area contributed by atoms with Crippen molar-refractivity contribution in [1.82, 2.24) is 0 Å². The molecule has 0 bridgehead atoms. The zero-order chi connectivity index (χ0) is 9.14. The molecule has 0 spiro atoms. The van der Waals surface area contributed by atoms with Crippen LogP contribution in [0.1, 0.15) is 15.9 Å². The predicted octanol–water partition coefficient (Wildman–Crippen LogP) is 1.79. The van der Waals surface area contributed by atoms with Crippen molar-refractivity contribution >= 4 is 5.97 Å². The van der Waals surface area contributed by atoms with Crippen LogP contribution in [-0.4, -0.2) is 13.1 Å². The molecular formula is C9H8FO2. The fraction of sp³-hybridized carbons (Fsp3) is 0.111. The van der Waals surface area contributed by atoms with E-state index in [1.54, 1.807) is 0 Å². The van der Waals surface area contributed by atoms with Gasteiger partial charge in [0.05, 0.1) is 12.7 Å². The Morgan fingerprint density at radius 3 is 2.75 bits per heavy atom. The van der Waals surface area contributed by atoms with Crippen LogP contribution < -0.4 is 0 Å². The van der Waals surface area contributed by atoms with Gasteiger partial charge in [-0.05, 0) is 30.7 Å². The monoisotopic (exact) mass is 167 g/mol. The first-order valence-corrected chi connectivity index (χ1v) is 3.35. The summed E-state index contributed by atoms with van der Waals surface area (Å²) in [5, 5.41) is 0. The number of hydrogen-bond acceptors (Lipinski definition) is 2. The number of ether oxygens (including phenoxy) is 1. The standard InChI is InChI=1S/C9H8FO2/c1-6-5-7(10)3-4-8(6)9(11)12-2/h3-5H,1H2,2H3. The minimum Gasteiger partial charge on any atom is -0.465 e. The molecular weight excluding hydrogens is 159 g/mol. The molecule has 12 heavy (non-hydrogen) atoms. The topological polar surface area (TPSA) is 26.3 Å². The van der Waals surface area contributed by atoms with Crippen molar-refractivity contribution in [2.24, 2.45) is 0 Å². The lowest BCUT2D eigenvalue weighted by Gasteiger charge is -2.02. The zero-order valence-corrected chi connectivity index (χ0v) is 6.63. The van der Waals surface area contributed by atoms with Gasteiger partial charge in [-0.1, -0.05) is 0 Å². The Bertz CT molecular complexity index is 307. The van der Waals surface area contributed by atoms with Crippen LogP contribution >= 0.6 is 0 Å². The molecule has 0 heterocycles. The van der Waals surface area contributed by atoms with Crippen molar-refractivity contribution in [2.75, 3.05) is 7.11 Å². The fourth-order valence-corrected chi connectivity index (χ4v) is 0.871. The molecule has 0 saturated carbocycles. The molecule has 1 radical (unpaired) electrons. The highest BCUT2D eigenvalue weighted by Crippen LogP contribution is 2.10. The third kappa shape index (κ3) is 1.61. The Morgan fingerprint density at radius 2 is 2.25 bits per heavy atom. The second-order valence-corrected chi connectivity index (χ2v) is 2.29. The van der Waals surface area contributed by atoms with Gasteiger partial charge in [-0.2, -0.15) is 0 Å². The molecule has 1 aromatic rings. The SMILES string of the molecule is [CH2]c1cc(F)ccc1C(=O)OC. The quantitative estimate of drug-likeness (QED) is 0.596. The molecule has 0 saturated heterocycles. The first-order valence-electron chi connectivity index (χ1n) is 3.35. The first-order chi connectivity index (χ1) is 5.65. The van der Waals surface area contributed by atoms with Crippen LogP contribution in [-0.2, 0) is 4.74 Å². The summed E-state index contributed by atoms with van der Waals surface area (Å²) in [5.74, 6) is -0.910. The van der Waals surface area contributed by atoms with Crippen molar-refractivity contribution in [3.05, 3.63) is 42.1 Å². The molecule has 0 N–H and O–H groups in total. The second-order valence-electron chi connectivity index (χ2n) is 2.29. The Kier molecular flexibility index (Phi) is 2.43. The summed E-state index contributed by atoms with van der Waals surface area (Å²) < 4.78 is 17.0. The molecule has 63 valence electrons. The number of hydrogen-bond donors (Lipinski definition) is 0. The number of esters is 1. The largest absolute Gasteiger partial charge is 0.465 e. The number of benzene rings is 1. The number of rotatable bonds is 1. The van der Waals surface area contributed by atoms with E-state index in [-0.39, 0.29) is 0 Å². The number of carbonyl (C=O) groups is 1. The second kappa shape index (κ2) is 3.34. The zero-order valence-electron chi connectivity index (χ0n) is 6.63. The lowest BCUT2D eigenvalue weighted by atomic mass is 10.1. The number of carbonyl (C=O) groups excluding carboxylic acids is 1. The van der Waals surface area contributed by atoms with Crippen LogP contribution in [0.4, 0.5) is 4.39 Å². The molecule has 1 aromatic carbocycles. The Labute approximate surface area is 70.0 Å². The van der Waals surface area contributed by atoms with E-state index in [9.17, 15) is 9.18 Å². The van der Waals surface area contributed by atoms with E-state index in [0.717, 1.165) is 0 Å². The molecule has 0 unspecified atom stereocenters. The highest BCUT2D eigenvalue weighted by atomic mass is 19.1. The van der Waals surface area contributed by atoms with Gasteiger partial charge in [0.2, 0.25) is 0 Å². The highest BCUT2D eigenvalue weighted by molar-refractivity contribution is 5.91.